The maximum absolute atomic E-state index is 4.45. The molecular formula is C21H20S2. The Kier molecular flexibility index (Phi) is 5.47. The van der Waals surface area contributed by atoms with Crippen LogP contribution in [0.1, 0.15) is 16.7 Å². The summed E-state index contributed by atoms with van der Waals surface area (Å²) in [4.78, 5) is 0. The van der Waals surface area contributed by atoms with Crippen molar-refractivity contribution in [3.8, 4) is 0 Å². The molecule has 0 unspecified atom stereocenters. The van der Waals surface area contributed by atoms with Crippen LogP contribution in [0.5, 0.6) is 0 Å². The van der Waals surface area contributed by atoms with Crippen LogP contribution in [-0.2, 0) is 4.75 Å². The summed E-state index contributed by atoms with van der Waals surface area (Å²) in [5, 5.41) is 0. The molecule has 3 aromatic rings. The van der Waals surface area contributed by atoms with Crippen molar-refractivity contribution in [3.05, 3.63) is 108 Å². The molecule has 0 spiro atoms. The van der Waals surface area contributed by atoms with E-state index in [1.165, 1.54) is 16.7 Å². The molecule has 23 heavy (non-hydrogen) atoms. The first-order valence-electron chi connectivity index (χ1n) is 7.79. The van der Waals surface area contributed by atoms with E-state index >= 15 is 0 Å². The molecule has 0 aliphatic carbocycles. The van der Waals surface area contributed by atoms with Crippen LogP contribution in [0.25, 0.3) is 0 Å². The highest BCUT2D eigenvalue weighted by atomic mass is 32.2. The van der Waals surface area contributed by atoms with Crippen molar-refractivity contribution < 1.29 is 0 Å². The zero-order valence-electron chi connectivity index (χ0n) is 12.9. The smallest absolute Gasteiger partial charge is 0.0907 e. The van der Waals surface area contributed by atoms with Crippen molar-refractivity contribution in [1.29, 1.82) is 0 Å². The lowest BCUT2D eigenvalue weighted by Gasteiger charge is -2.35. The van der Waals surface area contributed by atoms with Crippen LogP contribution in [0, 0.1) is 0 Å². The summed E-state index contributed by atoms with van der Waals surface area (Å²) < 4.78 is -0.202. The second-order valence-electron chi connectivity index (χ2n) is 5.35. The highest BCUT2D eigenvalue weighted by molar-refractivity contribution is 8.01. The third-order valence-corrected chi connectivity index (χ3v) is 6.03. The van der Waals surface area contributed by atoms with Crippen LogP contribution in [0.4, 0.5) is 0 Å². The van der Waals surface area contributed by atoms with Gasteiger partial charge in [-0.2, -0.15) is 12.6 Å². The fourth-order valence-corrected chi connectivity index (χ4v) is 4.55. The third-order valence-electron chi connectivity index (χ3n) is 3.95. The molecule has 0 amide bonds. The zero-order chi connectivity index (χ0) is 16.0. The molecule has 2 heteroatoms. The number of thioether (sulfide) groups is 1. The summed E-state index contributed by atoms with van der Waals surface area (Å²) in [6, 6.07) is 32.3. The van der Waals surface area contributed by atoms with Gasteiger partial charge in [-0.3, -0.25) is 0 Å². The van der Waals surface area contributed by atoms with Gasteiger partial charge in [-0.1, -0.05) is 91.0 Å². The second kappa shape index (κ2) is 7.76. The second-order valence-corrected chi connectivity index (χ2v) is 7.11. The molecule has 0 saturated carbocycles. The minimum Gasteiger partial charge on any atom is -0.179 e. The maximum Gasteiger partial charge on any atom is 0.0907 e. The van der Waals surface area contributed by atoms with Crippen molar-refractivity contribution in [2.24, 2.45) is 0 Å². The summed E-state index contributed by atoms with van der Waals surface area (Å²) in [7, 11) is 0. The van der Waals surface area contributed by atoms with Crippen LogP contribution in [0.3, 0.4) is 0 Å². The molecule has 0 aliphatic heterocycles. The van der Waals surface area contributed by atoms with Crippen LogP contribution >= 0.6 is 24.4 Å². The number of rotatable bonds is 6. The standard InChI is InChI=1S/C21H20S2/c22-16-17-23-21(18-10-4-1-5-11-18,19-12-6-2-7-13-19)20-14-8-3-9-15-20/h1-15,22H,16-17H2. The molecule has 0 nitrogen and oxygen atoms in total. The predicted molar refractivity (Wildman–Crippen MR) is 106 cm³/mol. The third kappa shape index (κ3) is 3.34. The molecule has 3 rings (SSSR count). The molecule has 116 valence electrons. The van der Waals surface area contributed by atoms with Gasteiger partial charge in [-0.05, 0) is 22.4 Å². The van der Waals surface area contributed by atoms with Crippen LogP contribution in [0.15, 0.2) is 91.0 Å². The number of hydrogen-bond donors (Lipinski definition) is 1. The van der Waals surface area contributed by atoms with Gasteiger partial charge in [0.15, 0.2) is 0 Å². The minimum atomic E-state index is -0.202. The Morgan fingerprint density at radius 1 is 0.609 bits per heavy atom. The van der Waals surface area contributed by atoms with E-state index in [0.717, 1.165) is 11.5 Å². The average Bonchev–Trinajstić information content (AvgIpc) is 2.65. The quantitative estimate of drug-likeness (QED) is 0.449. The highest BCUT2D eigenvalue weighted by Crippen LogP contribution is 2.48. The summed E-state index contributed by atoms with van der Waals surface area (Å²) in [6.07, 6.45) is 0. The van der Waals surface area contributed by atoms with Crippen LogP contribution in [-0.4, -0.2) is 11.5 Å². The summed E-state index contributed by atoms with van der Waals surface area (Å²) in [5.74, 6) is 1.85. The monoisotopic (exact) mass is 336 g/mol. The van der Waals surface area contributed by atoms with Gasteiger partial charge in [0.25, 0.3) is 0 Å². The van der Waals surface area contributed by atoms with E-state index < -0.39 is 0 Å². The normalized spacial score (nSPS) is 11.3. The van der Waals surface area contributed by atoms with Gasteiger partial charge in [0, 0.05) is 5.75 Å². The van der Waals surface area contributed by atoms with E-state index in [2.05, 4.69) is 104 Å². The molecular weight excluding hydrogens is 316 g/mol. The Labute approximate surface area is 148 Å². The number of thiol groups is 1. The maximum atomic E-state index is 4.45. The largest absolute Gasteiger partial charge is 0.179 e. The number of hydrogen-bond acceptors (Lipinski definition) is 2. The Bertz CT molecular complexity index is 612. The molecule has 0 radical (unpaired) electrons. The van der Waals surface area contributed by atoms with Gasteiger partial charge in [-0.15, -0.1) is 11.8 Å². The summed E-state index contributed by atoms with van der Waals surface area (Å²) >= 11 is 6.40. The molecule has 0 aliphatic rings. The lowest BCUT2D eigenvalue weighted by atomic mass is 9.84. The van der Waals surface area contributed by atoms with Crippen molar-refractivity contribution >= 4 is 24.4 Å². The SMILES string of the molecule is SCCSC(c1ccccc1)(c1ccccc1)c1ccccc1. The van der Waals surface area contributed by atoms with Crippen molar-refractivity contribution in [3.63, 3.8) is 0 Å². The Balaban J connectivity index is 2.25. The average molecular weight is 337 g/mol. The molecule has 0 heterocycles. The van der Waals surface area contributed by atoms with E-state index in [9.17, 15) is 0 Å². The van der Waals surface area contributed by atoms with Crippen molar-refractivity contribution in [2.45, 2.75) is 4.75 Å². The van der Waals surface area contributed by atoms with E-state index in [1.54, 1.807) is 0 Å². The van der Waals surface area contributed by atoms with Gasteiger partial charge in [0.05, 0.1) is 4.75 Å². The fourth-order valence-electron chi connectivity index (χ4n) is 2.97. The van der Waals surface area contributed by atoms with Crippen molar-refractivity contribution in [1.82, 2.24) is 0 Å². The first-order valence-corrected chi connectivity index (χ1v) is 9.41. The van der Waals surface area contributed by atoms with Gasteiger partial charge >= 0.3 is 0 Å². The van der Waals surface area contributed by atoms with Gasteiger partial charge in [0.2, 0.25) is 0 Å². The van der Waals surface area contributed by atoms with E-state index in [4.69, 9.17) is 0 Å². The molecule has 0 atom stereocenters. The van der Waals surface area contributed by atoms with E-state index in [0.29, 0.717) is 0 Å². The Morgan fingerprint density at radius 3 is 1.26 bits per heavy atom. The van der Waals surface area contributed by atoms with Gasteiger partial charge < -0.3 is 0 Å². The Hall–Kier alpha value is -1.64. The molecule has 0 saturated heterocycles. The minimum absolute atomic E-state index is 0.202. The first-order chi connectivity index (χ1) is 11.4. The molecule has 0 N–H and O–H groups in total. The molecule has 0 bridgehead atoms. The Morgan fingerprint density at radius 2 is 0.957 bits per heavy atom. The van der Waals surface area contributed by atoms with Gasteiger partial charge in [0.1, 0.15) is 0 Å². The van der Waals surface area contributed by atoms with E-state index in [-0.39, 0.29) is 4.75 Å². The lowest BCUT2D eigenvalue weighted by Crippen LogP contribution is -2.26. The molecule has 0 aromatic heterocycles. The van der Waals surface area contributed by atoms with E-state index in [1.807, 2.05) is 11.8 Å². The number of benzene rings is 3. The van der Waals surface area contributed by atoms with Crippen LogP contribution < -0.4 is 0 Å². The van der Waals surface area contributed by atoms with Gasteiger partial charge in [-0.25, -0.2) is 0 Å². The summed E-state index contributed by atoms with van der Waals surface area (Å²) in [5.41, 5.74) is 3.93. The molecule has 3 aromatic carbocycles. The zero-order valence-corrected chi connectivity index (χ0v) is 14.6. The topological polar surface area (TPSA) is 0 Å². The highest BCUT2D eigenvalue weighted by Gasteiger charge is 2.36. The van der Waals surface area contributed by atoms with Crippen LogP contribution in [0.2, 0.25) is 0 Å². The molecule has 0 fully saturated rings. The first kappa shape index (κ1) is 16.2. The summed E-state index contributed by atoms with van der Waals surface area (Å²) in [6.45, 7) is 0. The lowest BCUT2D eigenvalue weighted by molar-refractivity contribution is 0.895. The predicted octanol–water partition coefficient (Wildman–Crippen LogP) is 5.64. The van der Waals surface area contributed by atoms with Crippen molar-refractivity contribution in [2.75, 3.05) is 11.5 Å². The fraction of sp³-hybridized carbons (Fsp3) is 0.143.